The number of hydrogen-bond acceptors (Lipinski definition) is 3. The monoisotopic (exact) mass is 206 g/mol. The fourth-order valence-corrected chi connectivity index (χ4v) is 1.37. The van der Waals surface area contributed by atoms with Gasteiger partial charge in [-0.2, -0.15) is 12.6 Å². The lowest BCUT2D eigenvalue weighted by atomic mass is 10.1. The molecule has 0 spiro atoms. The van der Waals surface area contributed by atoms with Crippen LogP contribution in [0.1, 0.15) is 23.2 Å². The van der Waals surface area contributed by atoms with Gasteiger partial charge in [0, 0.05) is 17.7 Å². The van der Waals surface area contributed by atoms with Crippen LogP contribution in [-0.4, -0.2) is 10.7 Å². The first-order chi connectivity index (χ1) is 6.65. The lowest BCUT2D eigenvalue weighted by Crippen LogP contribution is -1.97. The summed E-state index contributed by atoms with van der Waals surface area (Å²) in [6, 6.07) is 1.84. The molecule has 0 aliphatic carbocycles. The molecular formula is C11H14N2S. The fourth-order valence-electron chi connectivity index (χ4n) is 1.26. The molecule has 0 bridgehead atoms. The summed E-state index contributed by atoms with van der Waals surface area (Å²) in [4.78, 5) is 4.17. The van der Waals surface area contributed by atoms with Crippen LogP contribution in [0.5, 0.6) is 0 Å². The van der Waals surface area contributed by atoms with E-state index in [1.165, 1.54) is 0 Å². The van der Waals surface area contributed by atoms with Crippen LogP contribution < -0.4 is 5.73 Å². The molecule has 3 heteroatoms. The third kappa shape index (κ3) is 2.68. The van der Waals surface area contributed by atoms with Crippen LogP contribution in [0.2, 0.25) is 0 Å². The summed E-state index contributed by atoms with van der Waals surface area (Å²) >= 11 is 4.10. The van der Waals surface area contributed by atoms with Gasteiger partial charge in [0.05, 0.1) is 5.69 Å². The van der Waals surface area contributed by atoms with E-state index < -0.39 is 0 Å². The molecule has 0 unspecified atom stereocenters. The van der Waals surface area contributed by atoms with Crippen LogP contribution in [-0.2, 0) is 0 Å². The minimum Gasteiger partial charge on any atom is -0.384 e. The Morgan fingerprint density at radius 1 is 1.50 bits per heavy atom. The second kappa shape index (κ2) is 4.92. The van der Waals surface area contributed by atoms with Crippen molar-refractivity contribution in [1.82, 2.24) is 4.98 Å². The Bertz CT molecular complexity index is 365. The number of aryl methyl sites for hydroxylation is 2. The minimum absolute atomic E-state index is 0.555. The van der Waals surface area contributed by atoms with Crippen molar-refractivity contribution in [2.75, 3.05) is 11.5 Å². The molecule has 0 fully saturated rings. The molecule has 0 radical (unpaired) electrons. The predicted octanol–water partition coefficient (Wildman–Crippen LogP) is 1.95. The van der Waals surface area contributed by atoms with Gasteiger partial charge in [0.25, 0.3) is 0 Å². The van der Waals surface area contributed by atoms with E-state index in [9.17, 15) is 0 Å². The third-order valence-electron chi connectivity index (χ3n) is 1.87. The highest BCUT2D eigenvalue weighted by molar-refractivity contribution is 7.80. The molecule has 2 nitrogen and oxygen atoms in total. The summed E-state index contributed by atoms with van der Waals surface area (Å²) in [5.74, 6) is 7.48. The molecule has 0 saturated heterocycles. The van der Waals surface area contributed by atoms with E-state index in [2.05, 4.69) is 29.5 Å². The topological polar surface area (TPSA) is 38.9 Å². The molecule has 1 aromatic heterocycles. The largest absolute Gasteiger partial charge is 0.384 e. The molecule has 0 aliphatic heterocycles. The maximum Gasteiger partial charge on any atom is 0.123 e. The summed E-state index contributed by atoms with van der Waals surface area (Å²) < 4.78 is 0. The average molecular weight is 206 g/mol. The number of aromatic nitrogens is 1. The van der Waals surface area contributed by atoms with Crippen LogP contribution in [0.4, 0.5) is 5.82 Å². The van der Waals surface area contributed by atoms with Crippen LogP contribution >= 0.6 is 12.6 Å². The Balaban J connectivity index is 3.04. The summed E-state index contributed by atoms with van der Waals surface area (Å²) in [6.07, 6.45) is 0.798. The van der Waals surface area contributed by atoms with Gasteiger partial charge in [-0.15, -0.1) is 0 Å². The van der Waals surface area contributed by atoms with Crippen molar-refractivity contribution < 1.29 is 0 Å². The number of nitrogens with zero attached hydrogens (tertiary/aromatic N) is 1. The number of nitrogen functional groups attached to an aromatic ring is 1. The molecule has 1 aromatic rings. The summed E-state index contributed by atoms with van der Waals surface area (Å²) in [6.45, 7) is 3.92. The van der Waals surface area contributed by atoms with Gasteiger partial charge >= 0.3 is 0 Å². The number of rotatable bonds is 1. The second-order valence-corrected chi connectivity index (χ2v) is 3.55. The highest BCUT2D eigenvalue weighted by atomic mass is 32.1. The van der Waals surface area contributed by atoms with Crippen molar-refractivity contribution in [3.05, 3.63) is 22.9 Å². The first-order valence-corrected chi connectivity index (χ1v) is 5.12. The van der Waals surface area contributed by atoms with E-state index in [4.69, 9.17) is 5.73 Å². The van der Waals surface area contributed by atoms with Gasteiger partial charge in [-0.05, 0) is 25.5 Å². The number of thiol groups is 1. The average Bonchev–Trinajstić information content (AvgIpc) is 2.09. The zero-order valence-electron chi connectivity index (χ0n) is 8.46. The lowest BCUT2D eigenvalue weighted by molar-refractivity contribution is 1.17. The molecule has 0 aromatic carbocycles. The van der Waals surface area contributed by atoms with E-state index in [-0.39, 0.29) is 0 Å². The first-order valence-electron chi connectivity index (χ1n) is 4.48. The second-order valence-electron chi connectivity index (χ2n) is 3.10. The molecule has 1 heterocycles. The zero-order chi connectivity index (χ0) is 10.6. The third-order valence-corrected chi connectivity index (χ3v) is 2.09. The molecule has 0 amide bonds. The van der Waals surface area contributed by atoms with Crippen LogP contribution in [0, 0.1) is 25.7 Å². The highest BCUT2D eigenvalue weighted by Gasteiger charge is 2.01. The number of pyridine rings is 1. The van der Waals surface area contributed by atoms with Crippen molar-refractivity contribution in [1.29, 1.82) is 0 Å². The Morgan fingerprint density at radius 2 is 2.21 bits per heavy atom. The lowest BCUT2D eigenvalue weighted by Gasteiger charge is -2.03. The van der Waals surface area contributed by atoms with E-state index >= 15 is 0 Å². The molecule has 0 atom stereocenters. The first kappa shape index (κ1) is 10.9. The minimum atomic E-state index is 0.555. The molecule has 0 aliphatic rings. The van der Waals surface area contributed by atoms with Gasteiger partial charge in [-0.1, -0.05) is 11.8 Å². The van der Waals surface area contributed by atoms with Crippen molar-refractivity contribution in [3.8, 4) is 11.8 Å². The van der Waals surface area contributed by atoms with Crippen molar-refractivity contribution in [3.63, 3.8) is 0 Å². The van der Waals surface area contributed by atoms with Gasteiger partial charge in [0.2, 0.25) is 0 Å². The smallest absolute Gasteiger partial charge is 0.123 e. The fraction of sp³-hybridized carbons (Fsp3) is 0.364. The highest BCUT2D eigenvalue weighted by Crippen LogP contribution is 2.12. The number of anilines is 1. The zero-order valence-corrected chi connectivity index (χ0v) is 9.36. The predicted molar refractivity (Wildman–Crippen MR) is 63.5 cm³/mol. The van der Waals surface area contributed by atoms with E-state index in [0.29, 0.717) is 5.82 Å². The maximum atomic E-state index is 5.61. The number of nitrogens with two attached hydrogens (primary N) is 1. The molecule has 14 heavy (non-hydrogen) atoms. The Labute approximate surface area is 90.3 Å². The van der Waals surface area contributed by atoms with Gasteiger partial charge < -0.3 is 5.73 Å². The van der Waals surface area contributed by atoms with Crippen molar-refractivity contribution >= 4 is 18.4 Å². The van der Waals surface area contributed by atoms with Crippen LogP contribution in [0.25, 0.3) is 0 Å². The standard InChI is InChI=1S/C11H14N2S/c1-8-7-11(12)13-9(2)10(8)5-3-4-6-14/h7,14H,4,6H2,1-2H3,(H2,12,13). The molecular weight excluding hydrogens is 192 g/mol. The van der Waals surface area contributed by atoms with E-state index in [1.807, 2.05) is 19.9 Å². The molecule has 1 rings (SSSR count). The maximum absolute atomic E-state index is 5.61. The van der Waals surface area contributed by atoms with E-state index in [1.54, 1.807) is 0 Å². The van der Waals surface area contributed by atoms with Crippen LogP contribution in [0.15, 0.2) is 6.07 Å². The van der Waals surface area contributed by atoms with Gasteiger partial charge in [-0.3, -0.25) is 0 Å². The molecule has 74 valence electrons. The molecule has 2 N–H and O–H groups in total. The van der Waals surface area contributed by atoms with Gasteiger partial charge in [-0.25, -0.2) is 4.98 Å². The van der Waals surface area contributed by atoms with Gasteiger partial charge in [0.15, 0.2) is 0 Å². The summed E-state index contributed by atoms with van der Waals surface area (Å²) in [5.41, 5.74) is 8.58. The van der Waals surface area contributed by atoms with Crippen LogP contribution in [0.3, 0.4) is 0 Å². The van der Waals surface area contributed by atoms with Gasteiger partial charge in [0.1, 0.15) is 5.82 Å². The van der Waals surface area contributed by atoms with E-state index in [0.717, 1.165) is 29.0 Å². The summed E-state index contributed by atoms with van der Waals surface area (Å²) in [5, 5.41) is 0. The van der Waals surface area contributed by atoms with Crippen molar-refractivity contribution in [2.24, 2.45) is 0 Å². The number of hydrogen-bond donors (Lipinski definition) is 2. The quantitative estimate of drug-likeness (QED) is 0.544. The normalized spacial score (nSPS) is 9.36. The molecule has 0 saturated carbocycles. The Kier molecular flexibility index (Phi) is 3.84. The van der Waals surface area contributed by atoms with Crippen molar-refractivity contribution in [2.45, 2.75) is 20.3 Å². The Morgan fingerprint density at radius 3 is 2.79 bits per heavy atom. The Hall–Kier alpha value is -1.14. The SMILES string of the molecule is Cc1cc(N)nc(C)c1C#CCCS. The summed E-state index contributed by atoms with van der Waals surface area (Å²) in [7, 11) is 0.